The number of furan rings is 2. The van der Waals surface area contributed by atoms with Gasteiger partial charge < -0.3 is 13.7 Å². The third-order valence-electron chi connectivity index (χ3n) is 9.32. The van der Waals surface area contributed by atoms with Crippen molar-refractivity contribution in [3.8, 4) is 34.2 Å². The summed E-state index contributed by atoms with van der Waals surface area (Å²) in [5.41, 5.74) is 8.78. The fourth-order valence-electron chi connectivity index (χ4n) is 7.00. The molecule has 3 aromatic heterocycles. The first-order chi connectivity index (χ1) is 25.3. The number of anilines is 3. The van der Waals surface area contributed by atoms with E-state index in [1.54, 1.807) is 0 Å². The Balaban J connectivity index is 1.17. The first-order valence-corrected chi connectivity index (χ1v) is 16.9. The minimum Gasteiger partial charge on any atom is -0.456 e. The molecule has 0 atom stereocenters. The second-order valence-corrected chi connectivity index (χ2v) is 12.4. The second-order valence-electron chi connectivity index (χ2n) is 12.4. The maximum Gasteiger partial charge on any atom is 0.167 e. The Kier molecular flexibility index (Phi) is 6.70. The standard InChI is InChI=1S/C45H28N4O2/c1-4-14-29(15-5-1)43-46-44(48-45(47-43)37-23-12-21-34-33-20-10-11-24-38(33)51-42(34)37)36-22-13-25-39-41(36)35-27-26-32(28-40(35)50-39)49(30-16-6-2-7-17-30)31-18-8-3-9-19-31/h1-28H. The van der Waals surface area contributed by atoms with Crippen LogP contribution in [0.5, 0.6) is 0 Å². The lowest BCUT2D eigenvalue weighted by Gasteiger charge is -2.25. The van der Waals surface area contributed by atoms with E-state index < -0.39 is 0 Å². The number of nitrogens with zero attached hydrogens (tertiary/aromatic N) is 4. The predicted octanol–water partition coefficient (Wildman–Crippen LogP) is 12.1. The summed E-state index contributed by atoms with van der Waals surface area (Å²) in [5, 5.41) is 4.00. The summed E-state index contributed by atoms with van der Waals surface area (Å²) in [5.74, 6) is 1.67. The molecule has 0 saturated heterocycles. The van der Waals surface area contributed by atoms with Crippen molar-refractivity contribution in [3.63, 3.8) is 0 Å². The van der Waals surface area contributed by atoms with Crippen molar-refractivity contribution in [2.45, 2.75) is 0 Å². The van der Waals surface area contributed by atoms with Crippen LogP contribution in [0.2, 0.25) is 0 Å². The molecule has 6 nitrogen and oxygen atoms in total. The summed E-state index contributed by atoms with van der Waals surface area (Å²) in [6, 6.07) is 57.4. The zero-order valence-electron chi connectivity index (χ0n) is 27.3. The third-order valence-corrected chi connectivity index (χ3v) is 9.32. The molecule has 240 valence electrons. The van der Waals surface area contributed by atoms with Gasteiger partial charge in [0.05, 0.1) is 5.56 Å². The number of rotatable bonds is 6. The molecule has 6 heteroatoms. The van der Waals surface area contributed by atoms with E-state index in [0.717, 1.165) is 77.6 Å². The van der Waals surface area contributed by atoms with Gasteiger partial charge in [-0.25, -0.2) is 15.0 Å². The van der Waals surface area contributed by atoms with Gasteiger partial charge in [0.15, 0.2) is 17.5 Å². The number of aromatic nitrogens is 3. The largest absolute Gasteiger partial charge is 0.456 e. The fourth-order valence-corrected chi connectivity index (χ4v) is 7.00. The Morgan fingerprint density at radius 2 is 0.961 bits per heavy atom. The van der Waals surface area contributed by atoms with E-state index in [9.17, 15) is 0 Å². The first-order valence-electron chi connectivity index (χ1n) is 16.9. The minimum atomic E-state index is 0.539. The van der Waals surface area contributed by atoms with E-state index >= 15 is 0 Å². The Morgan fingerprint density at radius 1 is 0.373 bits per heavy atom. The Bertz CT molecular complexity index is 2820. The normalized spacial score (nSPS) is 11.5. The van der Waals surface area contributed by atoms with Crippen LogP contribution in [0.4, 0.5) is 17.1 Å². The highest BCUT2D eigenvalue weighted by Crippen LogP contribution is 2.41. The van der Waals surface area contributed by atoms with Crippen molar-refractivity contribution in [1.29, 1.82) is 0 Å². The molecule has 0 amide bonds. The molecule has 0 aliphatic heterocycles. The van der Waals surface area contributed by atoms with Crippen LogP contribution in [0.15, 0.2) is 179 Å². The van der Waals surface area contributed by atoms with E-state index in [4.69, 9.17) is 23.8 Å². The molecule has 3 heterocycles. The lowest BCUT2D eigenvalue weighted by atomic mass is 10.0. The van der Waals surface area contributed by atoms with Crippen molar-refractivity contribution in [2.75, 3.05) is 4.90 Å². The summed E-state index contributed by atoms with van der Waals surface area (Å²) in [7, 11) is 0. The second kappa shape index (κ2) is 11.8. The van der Waals surface area contributed by atoms with Gasteiger partial charge in [0, 0.05) is 55.8 Å². The van der Waals surface area contributed by atoms with Crippen LogP contribution in [0.1, 0.15) is 0 Å². The molecule has 0 radical (unpaired) electrons. The molecule has 0 aliphatic rings. The van der Waals surface area contributed by atoms with Crippen molar-refractivity contribution in [2.24, 2.45) is 0 Å². The van der Waals surface area contributed by atoms with Crippen LogP contribution in [0.3, 0.4) is 0 Å². The van der Waals surface area contributed by atoms with E-state index in [-0.39, 0.29) is 0 Å². The molecule has 0 saturated carbocycles. The number of hydrogen-bond acceptors (Lipinski definition) is 6. The van der Waals surface area contributed by atoms with Crippen LogP contribution < -0.4 is 4.90 Å². The molecular weight excluding hydrogens is 629 g/mol. The van der Waals surface area contributed by atoms with E-state index in [1.807, 2.05) is 84.9 Å². The third kappa shape index (κ3) is 4.92. The van der Waals surface area contributed by atoms with E-state index in [2.05, 4.69) is 89.8 Å². The Labute approximate surface area is 292 Å². The van der Waals surface area contributed by atoms with Gasteiger partial charge in [-0.15, -0.1) is 0 Å². The highest BCUT2D eigenvalue weighted by molar-refractivity contribution is 6.13. The zero-order chi connectivity index (χ0) is 33.7. The van der Waals surface area contributed by atoms with Gasteiger partial charge in [-0.2, -0.15) is 0 Å². The van der Waals surface area contributed by atoms with Gasteiger partial charge in [0.25, 0.3) is 0 Å². The minimum absolute atomic E-state index is 0.539. The molecule has 10 aromatic rings. The molecule has 7 aromatic carbocycles. The average molecular weight is 657 g/mol. The average Bonchev–Trinajstić information content (AvgIpc) is 3.77. The maximum absolute atomic E-state index is 6.59. The van der Waals surface area contributed by atoms with E-state index in [0.29, 0.717) is 17.5 Å². The molecule has 10 rings (SSSR count). The SMILES string of the molecule is c1ccc(-c2nc(-c3cccc4c3oc3ccccc34)nc(-c3cccc4oc5cc(N(c6ccccc6)c6ccccc6)ccc5c34)n2)cc1. The number of para-hydroxylation sites is 4. The van der Waals surface area contributed by atoms with Crippen LogP contribution in [-0.2, 0) is 0 Å². The molecular formula is C45H28N4O2. The summed E-state index contributed by atoms with van der Waals surface area (Å²) >= 11 is 0. The lowest BCUT2D eigenvalue weighted by Crippen LogP contribution is -2.09. The van der Waals surface area contributed by atoms with Crippen molar-refractivity contribution in [1.82, 2.24) is 15.0 Å². The number of benzene rings is 7. The summed E-state index contributed by atoms with van der Waals surface area (Å²) in [4.78, 5) is 17.5. The molecule has 0 unspecified atom stereocenters. The van der Waals surface area contributed by atoms with E-state index in [1.165, 1.54) is 0 Å². The highest BCUT2D eigenvalue weighted by atomic mass is 16.3. The van der Waals surface area contributed by atoms with Crippen LogP contribution >= 0.6 is 0 Å². The summed E-state index contributed by atoms with van der Waals surface area (Å²) in [6.07, 6.45) is 0. The van der Waals surface area contributed by atoms with Gasteiger partial charge in [0.1, 0.15) is 22.3 Å². The molecule has 0 bridgehead atoms. The van der Waals surface area contributed by atoms with Crippen LogP contribution in [0, 0.1) is 0 Å². The maximum atomic E-state index is 6.59. The number of fused-ring (bicyclic) bond motifs is 6. The number of hydrogen-bond donors (Lipinski definition) is 0. The van der Waals surface area contributed by atoms with Crippen LogP contribution in [0.25, 0.3) is 78.0 Å². The summed E-state index contributed by atoms with van der Waals surface area (Å²) < 4.78 is 13.0. The Morgan fingerprint density at radius 3 is 1.73 bits per heavy atom. The highest BCUT2D eigenvalue weighted by Gasteiger charge is 2.21. The van der Waals surface area contributed by atoms with Gasteiger partial charge >= 0.3 is 0 Å². The van der Waals surface area contributed by atoms with Crippen molar-refractivity contribution in [3.05, 3.63) is 170 Å². The quantitative estimate of drug-likeness (QED) is 0.177. The van der Waals surface area contributed by atoms with Gasteiger partial charge in [0.2, 0.25) is 0 Å². The molecule has 51 heavy (non-hydrogen) atoms. The first kappa shape index (κ1) is 28.9. The Hall–Kier alpha value is -7.05. The van der Waals surface area contributed by atoms with Gasteiger partial charge in [-0.3, -0.25) is 0 Å². The van der Waals surface area contributed by atoms with Crippen molar-refractivity contribution < 1.29 is 8.83 Å². The topological polar surface area (TPSA) is 68.2 Å². The molecule has 0 fully saturated rings. The van der Waals surface area contributed by atoms with Crippen molar-refractivity contribution >= 4 is 60.9 Å². The smallest absolute Gasteiger partial charge is 0.167 e. The summed E-state index contributed by atoms with van der Waals surface area (Å²) in [6.45, 7) is 0. The lowest BCUT2D eigenvalue weighted by molar-refractivity contribution is 0.668. The van der Waals surface area contributed by atoms with Gasteiger partial charge in [-0.05, 0) is 54.6 Å². The fraction of sp³-hybridized carbons (Fsp3) is 0. The van der Waals surface area contributed by atoms with Crippen LogP contribution in [-0.4, -0.2) is 15.0 Å². The molecule has 0 N–H and O–H groups in total. The monoisotopic (exact) mass is 656 g/mol. The van der Waals surface area contributed by atoms with Gasteiger partial charge in [-0.1, -0.05) is 109 Å². The zero-order valence-corrected chi connectivity index (χ0v) is 27.3. The molecule has 0 spiro atoms. The molecule has 0 aliphatic carbocycles. The predicted molar refractivity (Wildman–Crippen MR) is 205 cm³/mol.